The Morgan fingerprint density at radius 1 is 1.17 bits per heavy atom. The van der Waals surface area contributed by atoms with E-state index in [0.717, 1.165) is 10.5 Å². The molecule has 4 nitrogen and oxygen atoms in total. The van der Waals surface area contributed by atoms with Crippen LogP contribution in [0.25, 0.3) is 0 Å². The number of hydrogen-bond acceptors (Lipinski definition) is 5. The van der Waals surface area contributed by atoms with Crippen molar-refractivity contribution in [1.82, 2.24) is 0 Å². The SMILES string of the molecule is COC(=O)CCSc1ccc(C(OC)OC)cc1. The largest absolute Gasteiger partial charge is 0.469 e. The minimum atomic E-state index is -0.334. The molecule has 1 aromatic carbocycles. The van der Waals surface area contributed by atoms with Gasteiger partial charge in [0.25, 0.3) is 0 Å². The summed E-state index contributed by atoms with van der Waals surface area (Å²) in [6, 6.07) is 7.89. The molecule has 0 radical (unpaired) electrons. The Kier molecular flexibility index (Phi) is 6.78. The molecule has 18 heavy (non-hydrogen) atoms. The number of carbonyl (C=O) groups excluding carboxylic acids is 1. The van der Waals surface area contributed by atoms with Crippen LogP contribution < -0.4 is 0 Å². The van der Waals surface area contributed by atoms with Gasteiger partial charge in [0.1, 0.15) is 0 Å². The van der Waals surface area contributed by atoms with Crippen LogP contribution in [-0.4, -0.2) is 33.1 Å². The van der Waals surface area contributed by atoms with Crippen LogP contribution in [0, 0.1) is 0 Å². The molecule has 0 N–H and O–H groups in total. The monoisotopic (exact) mass is 270 g/mol. The number of thioether (sulfide) groups is 1. The van der Waals surface area contributed by atoms with Gasteiger partial charge in [-0.25, -0.2) is 0 Å². The van der Waals surface area contributed by atoms with Crippen LogP contribution in [0.3, 0.4) is 0 Å². The predicted molar refractivity (Wildman–Crippen MR) is 70.6 cm³/mol. The van der Waals surface area contributed by atoms with Gasteiger partial charge in [-0.1, -0.05) is 12.1 Å². The zero-order valence-corrected chi connectivity index (χ0v) is 11.7. The van der Waals surface area contributed by atoms with Gasteiger partial charge in [0.05, 0.1) is 13.5 Å². The number of carbonyl (C=O) groups is 1. The third-order valence-electron chi connectivity index (χ3n) is 2.38. The lowest BCUT2D eigenvalue weighted by molar-refractivity contribution is -0.140. The van der Waals surface area contributed by atoms with Gasteiger partial charge in [0.15, 0.2) is 6.29 Å². The molecule has 0 saturated carbocycles. The molecule has 0 unspecified atom stereocenters. The Balaban J connectivity index is 2.47. The molecule has 0 amide bonds. The highest BCUT2D eigenvalue weighted by molar-refractivity contribution is 7.99. The molecule has 100 valence electrons. The van der Waals surface area contributed by atoms with Crippen molar-refractivity contribution < 1.29 is 19.0 Å². The molecule has 0 aliphatic carbocycles. The maximum Gasteiger partial charge on any atom is 0.306 e. The third kappa shape index (κ3) is 4.68. The highest BCUT2D eigenvalue weighted by atomic mass is 32.2. The first-order valence-corrected chi connectivity index (χ1v) is 6.55. The molecular weight excluding hydrogens is 252 g/mol. The Morgan fingerprint density at radius 2 is 1.78 bits per heavy atom. The van der Waals surface area contributed by atoms with Gasteiger partial charge >= 0.3 is 5.97 Å². The molecule has 0 saturated heterocycles. The fraction of sp³-hybridized carbons (Fsp3) is 0.462. The lowest BCUT2D eigenvalue weighted by Crippen LogP contribution is -2.03. The highest BCUT2D eigenvalue weighted by Gasteiger charge is 2.08. The van der Waals surface area contributed by atoms with Crippen molar-refractivity contribution in [2.75, 3.05) is 27.1 Å². The standard InChI is InChI=1S/C13H18O4S/c1-15-12(14)8-9-18-11-6-4-10(5-7-11)13(16-2)17-3/h4-7,13H,8-9H2,1-3H3. The van der Waals surface area contributed by atoms with E-state index < -0.39 is 0 Å². The van der Waals surface area contributed by atoms with Crippen molar-refractivity contribution in [3.05, 3.63) is 29.8 Å². The van der Waals surface area contributed by atoms with Crippen molar-refractivity contribution >= 4 is 17.7 Å². The molecular formula is C13H18O4S. The minimum absolute atomic E-state index is 0.182. The Bertz CT molecular complexity index is 360. The maximum absolute atomic E-state index is 11.0. The first kappa shape index (κ1) is 15.0. The van der Waals surface area contributed by atoms with E-state index in [0.29, 0.717) is 12.2 Å². The molecule has 1 rings (SSSR count). The Labute approximate surface area is 112 Å². The van der Waals surface area contributed by atoms with Gasteiger partial charge in [0, 0.05) is 30.4 Å². The third-order valence-corrected chi connectivity index (χ3v) is 3.40. The Hall–Kier alpha value is -1.04. The van der Waals surface area contributed by atoms with Gasteiger partial charge in [-0.15, -0.1) is 11.8 Å². The lowest BCUT2D eigenvalue weighted by Gasteiger charge is -2.13. The fourth-order valence-corrected chi connectivity index (χ4v) is 2.28. The lowest BCUT2D eigenvalue weighted by atomic mass is 10.2. The molecule has 0 heterocycles. The molecule has 0 spiro atoms. The molecule has 0 fully saturated rings. The molecule has 0 atom stereocenters. The summed E-state index contributed by atoms with van der Waals surface area (Å²) in [4.78, 5) is 12.1. The first-order chi connectivity index (χ1) is 8.71. The van der Waals surface area contributed by atoms with E-state index in [9.17, 15) is 4.79 Å². The van der Waals surface area contributed by atoms with E-state index in [1.54, 1.807) is 26.0 Å². The summed E-state index contributed by atoms with van der Waals surface area (Å²) in [5, 5.41) is 0. The van der Waals surface area contributed by atoms with Crippen molar-refractivity contribution in [2.45, 2.75) is 17.6 Å². The number of rotatable bonds is 7. The Morgan fingerprint density at radius 3 is 2.28 bits per heavy atom. The van der Waals surface area contributed by atoms with Crippen molar-refractivity contribution in [2.24, 2.45) is 0 Å². The van der Waals surface area contributed by atoms with Crippen molar-refractivity contribution in [3.63, 3.8) is 0 Å². The summed E-state index contributed by atoms with van der Waals surface area (Å²) in [7, 11) is 4.61. The summed E-state index contributed by atoms with van der Waals surface area (Å²) in [5.74, 6) is 0.530. The second-order valence-corrected chi connectivity index (χ2v) is 4.72. The second kappa shape index (κ2) is 8.13. The smallest absolute Gasteiger partial charge is 0.306 e. The fourth-order valence-electron chi connectivity index (χ4n) is 1.44. The summed E-state index contributed by atoms with van der Waals surface area (Å²) in [6.45, 7) is 0. The van der Waals surface area contributed by atoms with Crippen LogP contribution >= 0.6 is 11.8 Å². The number of methoxy groups -OCH3 is 3. The van der Waals surface area contributed by atoms with E-state index in [1.807, 2.05) is 24.3 Å². The zero-order valence-electron chi connectivity index (χ0n) is 10.8. The maximum atomic E-state index is 11.0. The molecule has 0 aliphatic heterocycles. The van der Waals surface area contributed by atoms with Crippen LogP contribution in [0.4, 0.5) is 0 Å². The summed E-state index contributed by atoms with van der Waals surface area (Å²) >= 11 is 1.62. The number of hydrogen-bond donors (Lipinski definition) is 0. The summed E-state index contributed by atoms with van der Waals surface area (Å²) < 4.78 is 14.9. The van der Waals surface area contributed by atoms with Crippen LogP contribution in [0.1, 0.15) is 18.3 Å². The average Bonchev–Trinajstić information content (AvgIpc) is 2.41. The summed E-state index contributed by atoms with van der Waals surface area (Å²) in [6.07, 6.45) is 0.0842. The average molecular weight is 270 g/mol. The molecule has 0 aliphatic rings. The summed E-state index contributed by atoms with van der Waals surface area (Å²) in [5.41, 5.74) is 0.970. The zero-order chi connectivity index (χ0) is 13.4. The molecule has 0 aromatic heterocycles. The van der Waals surface area contributed by atoms with Gasteiger partial charge in [-0.2, -0.15) is 0 Å². The minimum Gasteiger partial charge on any atom is -0.469 e. The van der Waals surface area contributed by atoms with Crippen molar-refractivity contribution in [3.8, 4) is 0 Å². The van der Waals surface area contributed by atoms with Gasteiger partial charge in [-0.3, -0.25) is 4.79 Å². The molecule has 5 heteroatoms. The van der Waals surface area contributed by atoms with E-state index >= 15 is 0 Å². The quantitative estimate of drug-likeness (QED) is 0.433. The van der Waals surface area contributed by atoms with E-state index in [4.69, 9.17) is 9.47 Å². The topological polar surface area (TPSA) is 44.8 Å². The number of esters is 1. The van der Waals surface area contributed by atoms with Crippen LogP contribution in [0.15, 0.2) is 29.2 Å². The van der Waals surface area contributed by atoms with Crippen LogP contribution in [0.2, 0.25) is 0 Å². The second-order valence-electron chi connectivity index (χ2n) is 3.55. The van der Waals surface area contributed by atoms with Crippen LogP contribution in [-0.2, 0) is 19.0 Å². The number of benzene rings is 1. The van der Waals surface area contributed by atoms with E-state index in [-0.39, 0.29) is 12.3 Å². The van der Waals surface area contributed by atoms with Gasteiger partial charge in [-0.05, 0) is 12.1 Å². The van der Waals surface area contributed by atoms with Gasteiger partial charge < -0.3 is 14.2 Å². The predicted octanol–water partition coefficient (Wildman–Crippen LogP) is 2.63. The normalized spacial score (nSPS) is 10.7. The van der Waals surface area contributed by atoms with Gasteiger partial charge in [0.2, 0.25) is 0 Å². The number of ether oxygens (including phenoxy) is 3. The van der Waals surface area contributed by atoms with E-state index in [1.165, 1.54) is 7.11 Å². The molecule has 1 aromatic rings. The van der Waals surface area contributed by atoms with E-state index in [2.05, 4.69) is 4.74 Å². The molecule has 0 bridgehead atoms. The first-order valence-electron chi connectivity index (χ1n) is 5.56. The van der Waals surface area contributed by atoms with Crippen LogP contribution in [0.5, 0.6) is 0 Å². The highest BCUT2D eigenvalue weighted by Crippen LogP contribution is 2.23. The van der Waals surface area contributed by atoms with Crippen molar-refractivity contribution in [1.29, 1.82) is 0 Å².